The molecule has 1 aliphatic rings. The van der Waals surface area contributed by atoms with Crippen LogP contribution in [0.5, 0.6) is 0 Å². The zero-order valence-corrected chi connectivity index (χ0v) is 12.7. The molecule has 0 aromatic heterocycles. The minimum Gasteiger partial charge on any atom is -0.409 e. The van der Waals surface area contributed by atoms with Crippen LogP contribution in [-0.4, -0.2) is 17.1 Å². The number of amidine groups is 1. The predicted octanol–water partition coefficient (Wildman–Crippen LogP) is 2.98. The van der Waals surface area contributed by atoms with E-state index in [2.05, 4.69) is 24.3 Å². The first-order valence-corrected chi connectivity index (χ1v) is 7.41. The van der Waals surface area contributed by atoms with Gasteiger partial charge in [0.25, 0.3) is 0 Å². The van der Waals surface area contributed by atoms with Crippen LogP contribution in [0.1, 0.15) is 50.7 Å². The minimum absolute atomic E-state index is 0.0599. The minimum atomic E-state index is -0.390. The Kier molecular flexibility index (Phi) is 4.83. The molecule has 0 heterocycles. The van der Waals surface area contributed by atoms with Crippen LogP contribution in [0.2, 0.25) is 0 Å². The first-order valence-electron chi connectivity index (χ1n) is 7.41. The first-order chi connectivity index (χ1) is 9.91. The van der Waals surface area contributed by atoms with Crippen molar-refractivity contribution in [1.29, 1.82) is 0 Å². The van der Waals surface area contributed by atoms with Gasteiger partial charge in [0.1, 0.15) is 5.82 Å². The molecule has 0 radical (unpaired) electrons. The van der Waals surface area contributed by atoms with Gasteiger partial charge in [0.2, 0.25) is 0 Å². The van der Waals surface area contributed by atoms with Gasteiger partial charge in [-0.2, -0.15) is 0 Å². The smallest absolute Gasteiger partial charge is 0.170 e. The molecule has 0 aliphatic heterocycles. The molecule has 1 atom stereocenters. The zero-order chi connectivity index (χ0) is 15.5. The van der Waals surface area contributed by atoms with Crippen LogP contribution in [0.25, 0.3) is 0 Å². The quantitative estimate of drug-likeness (QED) is 0.346. The molecular formula is C16H24FN3O. The molecule has 1 unspecified atom stereocenters. The Hall–Kier alpha value is -1.62. The molecule has 0 bridgehead atoms. The molecule has 2 rings (SSSR count). The molecule has 0 amide bonds. The van der Waals surface area contributed by atoms with E-state index in [-0.39, 0.29) is 11.7 Å². The van der Waals surface area contributed by atoms with Crippen molar-refractivity contribution in [3.63, 3.8) is 0 Å². The van der Waals surface area contributed by atoms with Gasteiger partial charge in [-0.25, -0.2) is 4.39 Å². The lowest BCUT2D eigenvalue weighted by Gasteiger charge is -2.35. The lowest BCUT2D eigenvalue weighted by molar-refractivity contribution is 0.198. The summed E-state index contributed by atoms with van der Waals surface area (Å²) in [7, 11) is 0. The maximum absolute atomic E-state index is 13.3. The van der Waals surface area contributed by atoms with E-state index in [0.717, 1.165) is 18.4 Å². The number of nitrogens with one attached hydrogen (secondary N) is 1. The van der Waals surface area contributed by atoms with Crippen molar-refractivity contribution >= 4 is 5.84 Å². The summed E-state index contributed by atoms with van der Waals surface area (Å²) >= 11 is 0. The Labute approximate surface area is 125 Å². The molecule has 21 heavy (non-hydrogen) atoms. The summed E-state index contributed by atoms with van der Waals surface area (Å²) < 4.78 is 13.3. The number of benzene rings is 1. The maximum atomic E-state index is 13.3. The van der Waals surface area contributed by atoms with Crippen molar-refractivity contribution in [2.45, 2.75) is 52.1 Å². The van der Waals surface area contributed by atoms with E-state index in [1.165, 1.54) is 25.0 Å². The van der Waals surface area contributed by atoms with E-state index < -0.39 is 0 Å². The molecule has 1 fully saturated rings. The second-order valence-corrected chi connectivity index (χ2v) is 6.63. The fourth-order valence-electron chi connectivity index (χ4n) is 3.12. The largest absolute Gasteiger partial charge is 0.409 e. The Bertz CT molecular complexity index is 528. The summed E-state index contributed by atoms with van der Waals surface area (Å²) in [6.45, 7) is 5.17. The van der Waals surface area contributed by atoms with Crippen LogP contribution in [-0.2, 0) is 6.54 Å². The third-order valence-electron chi connectivity index (χ3n) is 4.24. The standard InChI is InChI=1S/C16H24FN3O/c1-16(2)7-3-4-13(9-16)19-10-11-5-6-12(17)8-14(11)15(18)20-21/h5-6,8,13,19,21H,3-4,7,9-10H2,1-2H3,(H2,18,20). The van der Waals surface area contributed by atoms with E-state index in [1.54, 1.807) is 6.07 Å². The van der Waals surface area contributed by atoms with Crippen LogP contribution in [0.4, 0.5) is 4.39 Å². The van der Waals surface area contributed by atoms with Crippen LogP contribution in [0.15, 0.2) is 23.4 Å². The van der Waals surface area contributed by atoms with Gasteiger partial charge in [0.05, 0.1) is 0 Å². The second kappa shape index (κ2) is 6.43. The van der Waals surface area contributed by atoms with Crippen molar-refractivity contribution in [2.24, 2.45) is 16.3 Å². The average Bonchev–Trinajstić information content (AvgIpc) is 2.44. The highest BCUT2D eigenvalue weighted by atomic mass is 19.1. The monoisotopic (exact) mass is 293 g/mol. The van der Waals surface area contributed by atoms with Crippen LogP contribution in [0.3, 0.4) is 0 Å². The Morgan fingerprint density at radius 2 is 2.29 bits per heavy atom. The van der Waals surface area contributed by atoms with Gasteiger partial charge in [-0.1, -0.05) is 31.5 Å². The molecule has 1 aliphatic carbocycles. The Morgan fingerprint density at radius 1 is 1.52 bits per heavy atom. The average molecular weight is 293 g/mol. The number of hydrogen-bond donors (Lipinski definition) is 3. The third kappa shape index (κ3) is 4.17. The summed E-state index contributed by atoms with van der Waals surface area (Å²) in [6, 6.07) is 4.84. The summed E-state index contributed by atoms with van der Waals surface area (Å²) in [5.41, 5.74) is 7.28. The number of hydrogen-bond acceptors (Lipinski definition) is 3. The molecule has 1 saturated carbocycles. The van der Waals surface area contributed by atoms with Crippen molar-refractivity contribution in [1.82, 2.24) is 5.32 Å². The van der Waals surface area contributed by atoms with Gasteiger partial charge in [-0.15, -0.1) is 0 Å². The lowest BCUT2D eigenvalue weighted by atomic mass is 9.75. The molecule has 4 nitrogen and oxygen atoms in total. The molecule has 116 valence electrons. The van der Waals surface area contributed by atoms with Crippen molar-refractivity contribution < 1.29 is 9.60 Å². The normalized spacial score (nSPS) is 22.2. The van der Waals surface area contributed by atoms with E-state index in [1.807, 2.05) is 0 Å². The predicted molar refractivity (Wildman–Crippen MR) is 81.8 cm³/mol. The lowest BCUT2D eigenvalue weighted by Crippen LogP contribution is -2.37. The molecule has 0 spiro atoms. The fourth-order valence-corrected chi connectivity index (χ4v) is 3.12. The summed E-state index contributed by atoms with van der Waals surface area (Å²) in [5, 5.41) is 15.3. The molecule has 1 aromatic carbocycles. The number of nitrogens with two attached hydrogens (primary N) is 1. The number of oxime groups is 1. The van der Waals surface area contributed by atoms with Crippen molar-refractivity contribution in [3.05, 3.63) is 35.1 Å². The van der Waals surface area contributed by atoms with Crippen LogP contribution >= 0.6 is 0 Å². The van der Waals surface area contributed by atoms with Gasteiger partial charge in [-0.05, 0) is 42.4 Å². The summed E-state index contributed by atoms with van der Waals surface area (Å²) in [6.07, 6.45) is 4.77. The van der Waals surface area contributed by atoms with Gasteiger partial charge >= 0.3 is 0 Å². The van der Waals surface area contributed by atoms with Crippen molar-refractivity contribution in [2.75, 3.05) is 0 Å². The number of halogens is 1. The Balaban J connectivity index is 2.06. The summed E-state index contributed by atoms with van der Waals surface area (Å²) in [4.78, 5) is 0. The molecule has 4 N–H and O–H groups in total. The van der Waals surface area contributed by atoms with Gasteiger partial charge < -0.3 is 16.3 Å². The van der Waals surface area contributed by atoms with E-state index in [0.29, 0.717) is 23.6 Å². The van der Waals surface area contributed by atoms with E-state index >= 15 is 0 Å². The van der Waals surface area contributed by atoms with Gasteiger partial charge in [0.15, 0.2) is 5.84 Å². The van der Waals surface area contributed by atoms with Crippen LogP contribution < -0.4 is 11.1 Å². The zero-order valence-electron chi connectivity index (χ0n) is 12.7. The molecule has 0 saturated heterocycles. The topological polar surface area (TPSA) is 70.6 Å². The second-order valence-electron chi connectivity index (χ2n) is 6.63. The molecule has 1 aromatic rings. The van der Waals surface area contributed by atoms with E-state index in [4.69, 9.17) is 10.9 Å². The van der Waals surface area contributed by atoms with Gasteiger partial charge in [0, 0.05) is 18.2 Å². The highest BCUT2D eigenvalue weighted by Crippen LogP contribution is 2.35. The highest BCUT2D eigenvalue weighted by Gasteiger charge is 2.27. The third-order valence-corrected chi connectivity index (χ3v) is 4.24. The maximum Gasteiger partial charge on any atom is 0.170 e. The fraction of sp³-hybridized carbons (Fsp3) is 0.562. The highest BCUT2D eigenvalue weighted by molar-refractivity contribution is 5.98. The SMILES string of the molecule is CC1(C)CCCC(NCc2ccc(F)cc2/C(N)=N/O)C1. The van der Waals surface area contributed by atoms with Gasteiger partial charge in [-0.3, -0.25) is 0 Å². The summed E-state index contributed by atoms with van der Waals surface area (Å²) in [5.74, 6) is -0.450. The molecular weight excluding hydrogens is 269 g/mol. The van der Waals surface area contributed by atoms with Crippen molar-refractivity contribution in [3.8, 4) is 0 Å². The number of rotatable bonds is 4. The Morgan fingerprint density at radius 3 is 2.95 bits per heavy atom. The first kappa shape index (κ1) is 15.8. The van der Waals surface area contributed by atoms with E-state index in [9.17, 15) is 4.39 Å². The van der Waals surface area contributed by atoms with Crippen LogP contribution in [0, 0.1) is 11.2 Å². The number of nitrogens with zero attached hydrogens (tertiary/aromatic N) is 1. The molecule has 5 heteroatoms.